The van der Waals surface area contributed by atoms with Crippen LogP contribution in [0.1, 0.15) is 18.1 Å². The fourth-order valence-corrected chi connectivity index (χ4v) is 1.04. The van der Waals surface area contributed by atoms with Crippen LogP contribution in [0.5, 0.6) is 0 Å². The van der Waals surface area contributed by atoms with Gasteiger partial charge in [0.25, 0.3) is 0 Å². The van der Waals surface area contributed by atoms with E-state index in [2.05, 4.69) is 6.07 Å². The Bertz CT molecular complexity index is 359. The van der Waals surface area contributed by atoms with Gasteiger partial charge in [0.2, 0.25) is 0 Å². The largest absolute Gasteiger partial charge is 0.327 e. The lowest BCUT2D eigenvalue weighted by molar-refractivity contribution is 1.15. The molecule has 0 atom stereocenters. The second-order valence-electron chi connectivity index (χ2n) is 2.93. The molecule has 0 saturated heterocycles. The first kappa shape index (κ1) is 9.50. The van der Waals surface area contributed by atoms with Crippen LogP contribution in [-0.2, 0) is 0 Å². The van der Waals surface area contributed by atoms with Crippen molar-refractivity contribution in [2.24, 2.45) is 5.73 Å². The number of hydrogen-bond donors (Lipinski definition) is 1. The Morgan fingerprint density at radius 1 is 1.62 bits per heavy atom. The van der Waals surface area contributed by atoms with E-state index in [1.807, 2.05) is 31.2 Å². The van der Waals surface area contributed by atoms with Gasteiger partial charge < -0.3 is 5.73 Å². The van der Waals surface area contributed by atoms with Crippen LogP contribution in [0, 0.1) is 11.3 Å². The number of nitrogens with two attached hydrogens (primary N) is 1. The van der Waals surface area contributed by atoms with Crippen LogP contribution in [0.3, 0.4) is 0 Å². The molecule has 2 heteroatoms. The summed E-state index contributed by atoms with van der Waals surface area (Å²) in [7, 11) is 0. The highest BCUT2D eigenvalue weighted by Crippen LogP contribution is 2.08. The van der Waals surface area contributed by atoms with E-state index < -0.39 is 0 Å². The lowest BCUT2D eigenvalue weighted by Gasteiger charge is -1.97. The normalized spacial score (nSPS) is 11.0. The van der Waals surface area contributed by atoms with Gasteiger partial charge in [-0.25, -0.2) is 0 Å². The van der Waals surface area contributed by atoms with E-state index in [1.54, 1.807) is 6.07 Å². The van der Waals surface area contributed by atoms with Gasteiger partial charge in [-0.1, -0.05) is 23.8 Å². The standard InChI is InChI=1S/C11H12N2/c1-9(7-12)5-10-3-2-4-11(6-10)8-13/h2-6H,7,12H2,1H3. The van der Waals surface area contributed by atoms with Crippen LogP contribution >= 0.6 is 0 Å². The van der Waals surface area contributed by atoms with Crippen molar-refractivity contribution in [1.82, 2.24) is 0 Å². The van der Waals surface area contributed by atoms with Gasteiger partial charge in [-0.15, -0.1) is 0 Å². The first-order chi connectivity index (χ1) is 6.26. The van der Waals surface area contributed by atoms with E-state index in [4.69, 9.17) is 11.0 Å². The summed E-state index contributed by atoms with van der Waals surface area (Å²) in [6, 6.07) is 9.56. The van der Waals surface area contributed by atoms with Crippen molar-refractivity contribution in [2.75, 3.05) is 6.54 Å². The Hall–Kier alpha value is -1.59. The van der Waals surface area contributed by atoms with Gasteiger partial charge in [0.05, 0.1) is 11.6 Å². The number of hydrogen-bond acceptors (Lipinski definition) is 2. The molecule has 0 heterocycles. The predicted octanol–water partition coefficient (Wildman–Crippen LogP) is 1.92. The van der Waals surface area contributed by atoms with Crippen molar-refractivity contribution in [3.63, 3.8) is 0 Å². The molecule has 1 rings (SSSR count). The maximum Gasteiger partial charge on any atom is 0.0991 e. The third kappa shape index (κ3) is 2.73. The molecule has 66 valence electrons. The molecule has 0 saturated carbocycles. The first-order valence-electron chi connectivity index (χ1n) is 4.13. The molecule has 0 aromatic heterocycles. The lowest BCUT2D eigenvalue weighted by Crippen LogP contribution is -1.99. The molecule has 1 aromatic carbocycles. The highest BCUT2D eigenvalue weighted by atomic mass is 14.5. The maximum atomic E-state index is 8.66. The predicted molar refractivity (Wildman–Crippen MR) is 53.9 cm³/mol. The molecule has 0 spiro atoms. The Morgan fingerprint density at radius 3 is 3.00 bits per heavy atom. The van der Waals surface area contributed by atoms with Gasteiger partial charge >= 0.3 is 0 Å². The van der Waals surface area contributed by atoms with E-state index in [9.17, 15) is 0 Å². The zero-order valence-corrected chi connectivity index (χ0v) is 7.62. The zero-order chi connectivity index (χ0) is 9.68. The van der Waals surface area contributed by atoms with Gasteiger partial charge in [0.1, 0.15) is 0 Å². The average Bonchev–Trinajstić information content (AvgIpc) is 2.18. The van der Waals surface area contributed by atoms with E-state index in [0.29, 0.717) is 12.1 Å². The molecule has 0 aliphatic heterocycles. The SMILES string of the molecule is CC(=Cc1cccc(C#N)c1)CN. The molecule has 0 aliphatic rings. The van der Waals surface area contributed by atoms with Crippen molar-refractivity contribution < 1.29 is 0 Å². The van der Waals surface area contributed by atoms with Crippen LogP contribution in [-0.4, -0.2) is 6.54 Å². The fourth-order valence-electron chi connectivity index (χ4n) is 1.04. The summed E-state index contributed by atoms with van der Waals surface area (Å²) < 4.78 is 0. The van der Waals surface area contributed by atoms with Crippen LogP contribution in [0.15, 0.2) is 29.8 Å². The Morgan fingerprint density at radius 2 is 2.38 bits per heavy atom. The molecular formula is C11H12N2. The summed E-state index contributed by atoms with van der Waals surface area (Å²) in [5.74, 6) is 0. The molecule has 1 aromatic rings. The summed E-state index contributed by atoms with van der Waals surface area (Å²) >= 11 is 0. The Kier molecular flexibility index (Phi) is 3.24. The first-order valence-corrected chi connectivity index (χ1v) is 4.13. The molecule has 0 fully saturated rings. The maximum absolute atomic E-state index is 8.66. The number of nitrogens with zero attached hydrogens (tertiary/aromatic N) is 1. The van der Waals surface area contributed by atoms with E-state index in [0.717, 1.165) is 11.1 Å². The minimum absolute atomic E-state index is 0.552. The third-order valence-corrected chi connectivity index (χ3v) is 1.75. The molecule has 2 nitrogen and oxygen atoms in total. The molecule has 0 amide bonds. The Balaban J connectivity index is 2.97. The number of rotatable bonds is 2. The second-order valence-corrected chi connectivity index (χ2v) is 2.93. The van der Waals surface area contributed by atoms with Crippen molar-refractivity contribution in [2.45, 2.75) is 6.92 Å². The average molecular weight is 172 g/mol. The monoisotopic (exact) mass is 172 g/mol. The highest BCUT2D eigenvalue weighted by molar-refractivity contribution is 5.54. The van der Waals surface area contributed by atoms with E-state index in [-0.39, 0.29) is 0 Å². The zero-order valence-electron chi connectivity index (χ0n) is 7.62. The van der Waals surface area contributed by atoms with Gasteiger partial charge in [0.15, 0.2) is 0 Å². The minimum atomic E-state index is 0.552. The van der Waals surface area contributed by atoms with E-state index >= 15 is 0 Å². The lowest BCUT2D eigenvalue weighted by atomic mass is 10.1. The number of benzene rings is 1. The third-order valence-electron chi connectivity index (χ3n) is 1.75. The summed E-state index contributed by atoms with van der Waals surface area (Å²) in [6.07, 6.45) is 1.99. The summed E-state index contributed by atoms with van der Waals surface area (Å²) in [4.78, 5) is 0. The van der Waals surface area contributed by atoms with Crippen LogP contribution in [0.25, 0.3) is 6.08 Å². The van der Waals surface area contributed by atoms with Crippen molar-refractivity contribution in [3.05, 3.63) is 41.0 Å². The van der Waals surface area contributed by atoms with Crippen LogP contribution in [0.4, 0.5) is 0 Å². The topological polar surface area (TPSA) is 49.8 Å². The van der Waals surface area contributed by atoms with Crippen LogP contribution in [0.2, 0.25) is 0 Å². The molecule has 0 radical (unpaired) electrons. The molecule has 0 bridgehead atoms. The van der Waals surface area contributed by atoms with Crippen molar-refractivity contribution in [1.29, 1.82) is 5.26 Å². The van der Waals surface area contributed by atoms with Gasteiger partial charge in [-0.05, 0) is 24.6 Å². The van der Waals surface area contributed by atoms with Gasteiger partial charge in [0, 0.05) is 6.54 Å². The summed E-state index contributed by atoms with van der Waals surface area (Å²) in [6.45, 7) is 2.52. The van der Waals surface area contributed by atoms with Crippen molar-refractivity contribution >= 4 is 6.08 Å². The van der Waals surface area contributed by atoms with Gasteiger partial charge in [-0.3, -0.25) is 0 Å². The molecule has 13 heavy (non-hydrogen) atoms. The second kappa shape index (κ2) is 4.44. The molecular weight excluding hydrogens is 160 g/mol. The summed E-state index contributed by atoms with van der Waals surface area (Å²) in [5, 5.41) is 8.66. The Labute approximate surface area is 78.3 Å². The summed E-state index contributed by atoms with van der Waals surface area (Å²) in [5.41, 5.74) is 8.27. The smallest absolute Gasteiger partial charge is 0.0991 e. The number of nitriles is 1. The minimum Gasteiger partial charge on any atom is -0.327 e. The quantitative estimate of drug-likeness (QED) is 0.740. The molecule has 0 unspecified atom stereocenters. The molecule has 0 aliphatic carbocycles. The van der Waals surface area contributed by atoms with E-state index in [1.165, 1.54) is 0 Å². The highest BCUT2D eigenvalue weighted by Gasteiger charge is 1.92. The van der Waals surface area contributed by atoms with Crippen molar-refractivity contribution in [3.8, 4) is 6.07 Å². The van der Waals surface area contributed by atoms with Crippen LogP contribution < -0.4 is 5.73 Å². The fraction of sp³-hybridized carbons (Fsp3) is 0.182. The van der Waals surface area contributed by atoms with Gasteiger partial charge in [-0.2, -0.15) is 5.26 Å². The molecule has 2 N–H and O–H groups in total.